The highest BCUT2D eigenvalue weighted by Crippen LogP contribution is 2.18. The highest BCUT2D eigenvalue weighted by molar-refractivity contribution is 8.14. The van der Waals surface area contributed by atoms with Gasteiger partial charge in [-0.3, -0.25) is 14.6 Å². The number of amidine groups is 1. The Kier molecular flexibility index (Phi) is 5.67. The van der Waals surface area contributed by atoms with Crippen LogP contribution in [0.25, 0.3) is 10.8 Å². The molecule has 3 N–H and O–H groups in total. The lowest BCUT2D eigenvalue weighted by Crippen LogP contribution is -2.50. The lowest BCUT2D eigenvalue weighted by atomic mass is 10.0. The van der Waals surface area contributed by atoms with Gasteiger partial charge < -0.3 is 15.7 Å². The standard InChI is InChI=1S/C18H19N3O3S/c22-11-15(17(24)21-18-19-8-9-25-18)20-16(23)10-13-6-3-5-12-4-1-2-7-14(12)13/h1-7,15,22H,8-11H2,(H,20,23)(H,19,21,24). The third-order valence-electron chi connectivity index (χ3n) is 3.88. The van der Waals surface area contributed by atoms with Crippen molar-refractivity contribution >= 4 is 39.5 Å². The van der Waals surface area contributed by atoms with Crippen molar-refractivity contribution in [3.63, 3.8) is 0 Å². The Hall–Kier alpha value is -2.38. The summed E-state index contributed by atoms with van der Waals surface area (Å²) in [7, 11) is 0. The number of nitrogens with one attached hydrogen (secondary N) is 2. The number of fused-ring (bicyclic) bond motifs is 1. The first-order valence-corrected chi connectivity index (χ1v) is 9.01. The highest BCUT2D eigenvalue weighted by Gasteiger charge is 2.22. The second-order valence-corrected chi connectivity index (χ2v) is 6.73. The molecule has 1 aliphatic heterocycles. The Morgan fingerprint density at radius 1 is 1.20 bits per heavy atom. The lowest BCUT2D eigenvalue weighted by Gasteiger charge is -2.16. The van der Waals surface area contributed by atoms with Gasteiger partial charge in [0.15, 0.2) is 5.17 Å². The number of carbonyl (C=O) groups is 2. The van der Waals surface area contributed by atoms with Gasteiger partial charge in [0.25, 0.3) is 5.91 Å². The fourth-order valence-corrected chi connectivity index (χ4v) is 3.39. The van der Waals surface area contributed by atoms with Crippen molar-refractivity contribution in [2.45, 2.75) is 12.5 Å². The SMILES string of the molecule is O=C(Cc1cccc2ccccc12)NC(CO)C(=O)NC1=NCCS1. The van der Waals surface area contributed by atoms with Gasteiger partial charge in [-0.25, -0.2) is 0 Å². The second kappa shape index (κ2) is 8.13. The van der Waals surface area contributed by atoms with Gasteiger partial charge in [-0.1, -0.05) is 54.2 Å². The van der Waals surface area contributed by atoms with E-state index in [9.17, 15) is 14.7 Å². The van der Waals surface area contributed by atoms with E-state index in [1.807, 2.05) is 42.5 Å². The topological polar surface area (TPSA) is 90.8 Å². The Labute approximate surface area is 149 Å². The zero-order valence-electron chi connectivity index (χ0n) is 13.6. The van der Waals surface area contributed by atoms with Gasteiger partial charge >= 0.3 is 0 Å². The second-order valence-electron chi connectivity index (χ2n) is 5.64. The van der Waals surface area contributed by atoms with Gasteiger partial charge in [0.1, 0.15) is 6.04 Å². The molecule has 2 aromatic rings. The average molecular weight is 357 g/mol. The van der Waals surface area contributed by atoms with Crippen molar-refractivity contribution < 1.29 is 14.7 Å². The Morgan fingerprint density at radius 2 is 2.00 bits per heavy atom. The van der Waals surface area contributed by atoms with E-state index in [1.54, 1.807) is 0 Å². The van der Waals surface area contributed by atoms with Crippen molar-refractivity contribution in [1.29, 1.82) is 0 Å². The first-order chi connectivity index (χ1) is 12.2. The summed E-state index contributed by atoms with van der Waals surface area (Å²) in [6.45, 7) is 0.197. The molecule has 7 heteroatoms. The third kappa shape index (κ3) is 4.37. The number of benzene rings is 2. The quantitative estimate of drug-likeness (QED) is 0.747. The maximum Gasteiger partial charge on any atom is 0.250 e. The number of aliphatic imine (C=N–C) groups is 1. The minimum Gasteiger partial charge on any atom is -0.394 e. The molecule has 0 bridgehead atoms. The fraction of sp³-hybridized carbons (Fsp3) is 0.278. The van der Waals surface area contributed by atoms with Crippen LogP contribution in [0.5, 0.6) is 0 Å². The van der Waals surface area contributed by atoms with Crippen LogP contribution in [0.4, 0.5) is 0 Å². The number of aliphatic hydroxyl groups is 1. The van der Waals surface area contributed by atoms with E-state index >= 15 is 0 Å². The maximum absolute atomic E-state index is 12.3. The van der Waals surface area contributed by atoms with Gasteiger partial charge in [0.2, 0.25) is 5.91 Å². The molecule has 1 heterocycles. The van der Waals surface area contributed by atoms with Crippen LogP contribution in [-0.4, -0.2) is 47.0 Å². The molecule has 0 saturated carbocycles. The van der Waals surface area contributed by atoms with Crippen molar-refractivity contribution in [1.82, 2.24) is 10.6 Å². The minimum absolute atomic E-state index is 0.140. The van der Waals surface area contributed by atoms with E-state index in [4.69, 9.17) is 0 Å². The molecule has 0 fully saturated rings. The van der Waals surface area contributed by atoms with E-state index in [0.717, 1.165) is 22.1 Å². The number of carbonyl (C=O) groups excluding carboxylic acids is 2. The summed E-state index contributed by atoms with van der Waals surface area (Å²) >= 11 is 1.45. The van der Waals surface area contributed by atoms with Gasteiger partial charge in [0.05, 0.1) is 19.6 Å². The number of hydrogen-bond donors (Lipinski definition) is 3. The summed E-state index contributed by atoms with van der Waals surface area (Å²) in [6.07, 6.45) is 0.140. The predicted octanol–water partition coefficient (Wildman–Crippen LogP) is 1.08. The Balaban J connectivity index is 1.64. The summed E-state index contributed by atoms with van der Waals surface area (Å²) in [5, 5.41) is 17.2. The number of amides is 2. The van der Waals surface area contributed by atoms with E-state index in [2.05, 4.69) is 15.6 Å². The molecule has 3 rings (SSSR count). The summed E-state index contributed by atoms with van der Waals surface area (Å²) in [4.78, 5) is 28.6. The zero-order chi connectivity index (χ0) is 17.6. The maximum atomic E-state index is 12.3. The largest absolute Gasteiger partial charge is 0.394 e. The van der Waals surface area contributed by atoms with Gasteiger partial charge in [-0.05, 0) is 16.3 Å². The highest BCUT2D eigenvalue weighted by atomic mass is 32.2. The fourth-order valence-electron chi connectivity index (χ4n) is 2.66. The monoisotopic (exact) mass is 357 g/mol. The van der Waals surface area contributed by atoms with Crippen molar-refractivity contribution in [3.8, 4) is 0 Å². The van der Waals surface area contributed by atoms with Crippen LogP contribution < -0.4 is 10.6 Å². The van der Waals surface area contributed by atoms with E-state index in [0.29, 0.717) is 11.7 Å². The number of nitrogens with zero attached hydrogens (tertiary/aromatic N) is 1. The van der Waals surface area contributed by atoms with Gasteiger partial charge in [-0.2, -0.15) is 0 Å². The summed E-state index contributed by atoms with van der Waals surface area (Å²) in [6, 6.07) is 12.6. The molecule has 1 atom stereocenters. The van der Waals surface area contributed by atoms with E-state index in [1.165, 1.54) is 11.8 Å². The minimum atomic E-state index is -0.994. The summed E-state index contributed by atoms with van der Waals surface area (Å²) in [5.74, 6) is 0.0563. The van der Waals surface area contributed by atoms with Crippen LogP contribution >= 0.6 is 11.8 Å². The number of thioether (sulfide) groups is 1. The molecule has 130 valence electrons. The van der Waals surface area contributed by atoms with E-state index in [-0.39, 0.29) is 12.3 Å². The van der Waals surface area contributed by atoms with Crippen LogP contribution in [0, 0.1) is 0 Å². The van der Waals surface area contributed by atoms with Crippen molar-refractivity contribution in [2.75, 3.05) is 18.9 Å². The first kappa shape index (κ1) is 17.4. The Morgan fingerprint density at radius 3 is 2.76 bits per heavy atom. The Bertz CT molecular complexity index is 817. The molecule has 2 aromatic carbocycles. The van der Waals surface area contributed by atoms with Crippen molar-refractivity contribution in [3.05, 3.63) is 48.0 Å². The normalized spacial score (nSPS) is 14.8. The van der Waals surface area contributed by atoms with Crippen LogP contribution in [0.3, 0.4) is 0 Å². The molecule has 6 nitrogen and oxygen atoms in total. The van der Waals surface area contributed by atoms with Crippen LogP contribution in [0.1, 0.15) is 5.56 Å². The molecule has 25 heavy (non-hydrogen) atoms. The molecule has 1 aliphatic rings. The molecule has 2 amide bonds. The lowest BCUT2D eigenvalue weighted by molar-refractivity contribution is -0.128. The molecule has 0 aromatic heterocycles. The third-order valence-corrected chi connectivity index (χ3v) is 4.77. The summed E-state index contributed by atoms with van der Waals surface area (Å²) < 4.78 is 0. The molecule has 0 saturated heterocycles. The first-order valence-electron chi connectivity index (χ1n) is 8.02. The smallest absolute Gasteiger partial charge is 0.250 e. The molecule has 0 radical (unpaired) electrons. The van der Waals surface area contributed by atoms with E-state index < -0.39 is 18.6 Å². The van der Waals surface area contributed by atoms with Crippen LogP contribution in [-0.2, 0) is 16.0 Å². The number of rotatable bonds is 5. The summed E-state index contributed by atoms with van der Waals surface area (Å²) in [5.41, 5.74) is 0.878. The molecular weight excluding hydrogens is 338 g/mol. The zero-order valence-corrected chi connectivity index (χ0v) is 14.4. The number of hydrogen-bond acceptors (Lipinski definition) is 5. The molecule has 0 aliphatic carbocycles. The predicted molar refractivity (Wildman–Crippen MR) is 99.6 cm³/mol. The van der Waals surface area contributed by atoms with Crippen molar-refractivity contribution in [2.24, 2.45) is 4.99 Å². The molecule has 0 spiro atoms. The molecular formula is C18H19N3O3S. The molecule has 1 unspecified atom stereocenters. The van der Waals surface area contributed by atoms with Crippen LogP contribution in [0.2, 0.25) is 0 Å². The van der Waals surface area contributed by atoms with Gasteiger partial charge in [-0.15, -0.1) is 0 Å². The number of aliphatic hydroxyl groups excluding tert-OH is 1. The average Bonchev–Trinajstić information content (AvgIpc) is 3.13. The van der Waals surface area contributed by atoms with Crippen LogP contribution in [0.15, 0.2) is 47.5 Å². The van der Waals surface area contributed by atoms with Gasteiger partial charge in [0, 0.05) is 5.75 Å².